The van der Waals surface area contributed by atoms with Crippen LogP contribution in [0.1, 0.15) is 80.4 Å². The molecule has 11 heteroatoms. The van der Waals surface area contributed by atoms with Crippen LogP contribution in [0.25, 0.3) is 0 Å². The van der Waals surface area contributed by atoms with Crippen LogP contribution in [0.3, 0.4) is 0 Å². The third-order valence-electron chi connectivity index (χ3n) is 11.6. The highest BCUT2D eigenvalue weighted by Crippen LogP contribution is 2.38. The van der Waals surface area contributed by atoms with E-state index in [2.05, 4.69) is 13.5 Å². The first kappa shape index (κ1) is 46.2. The van der Waals surface area contributed by atoms with Crippen LogP contribution >= 0.6 is 0 Å². The number of unbranched alkanes of at least 4 members (excludes halogenated alkanes) is 3. The van der Waals surface area contributed by atoms with E-state index in [-0.39, 0.29) is 32.5 Å². The molecule has 334 valence electrons. The lowest BCUT2D eigenvalue weighted by Gasteiger charge is -2.50. The summed E-state index contributed by atoms with van der Waals surface area (Å²) < 4.78 is 59.9. The molecule has 0 saturated carbocycles. The van der Waals surface area contributed by atoms with Gasteiger partial charge in [0, 0.05) is 5.56 Å². The van der Waals surface area contributed by atoms with Crippen molar-refractivity contribution in [2.75, 3.05) is 13.2 Å². The van der Waals surface area contributed by atoms with Crippen molar-refractivity contribution in [3.05, 3.63) is 156 Å². The first-order valence-electron chi connectivity index (χ1n) is 22.3. The Hall–Kier alpha value is -3.82. The minimum atomic E-state index is -1.50. The summed E-state index contributed by atoms with van der Waals surface area (Å²) in [4.78, 5) is 0. The quantitative estimate of drug-likeness (QED) is 0.0553. The van der Waals surface area contributed by atoms with Crippen molar-refractivity contribution < 1.29 is 52.8 Å². The fraction of sp³-hybridized carbons (Fsp3) is 0.490. The minimum Gasteiger partial charge on any atom is -0.387 e. The Morgan fingerprint density at radius 3 is 1.89 bits per heavy atom. The largest absolute Gasteiger partial charge is 0.387 e. The van der Waals surface area contributed by atoms with Crippen LogP contribution in [-0.2, 0) is 62.5 Å². The topological polar surface area (TPSA) is 124 Å². The lowest BCUT2D eigenvalue weighted by Crippen LogP contribution is -2.66. The third kappa shape index (κ3) is 12.9. The fourth-order valence-corrected chi connectivity index (χ4v) is 8.26. The van der Waals surface area contributed by atoms with E-state index in [1.54, 1.807) is 0 Å². The molecule has 3 fully saturated rings. The number of aliphatic hydroxyl groups excluding tert-OH is 2. The number of ether oxygens (including phenoxy) is 9. The molecular weight excluding hydrogens is 789 g/mol. The maximum atomic E-state index is 11.8. The Balaban J connectivity index is 1.21. The summed E-state index contributed by atoms with van der Waals surface area (Å²) in [5, 5.41) is 23.5. The zero-order chi connectivity index (χ0) is 42.9. The number of benzene rings is 4. The van der Waals surface area contributed by atoms with Crippen LogP contribution < -0.4 is 0 Å². The van der Waals surface area contributed by atoms with Crippen LogP contribution in [0.15, 0.2) is 134 Å². The second-order valence-corrected chi connectivity index (χ2v) is 16.3. The van der Waals surface area contributed by atoms with Crippen LogP contribution in [0.4, 0.5) is 0 Å². The molecule has 3 heterocycles. The summed E-state index contributed by atoms with van der Waals surface area (Å²) in [6, 6.07) is 39.3. The highest BCUT2D eigenvalue weighted by Gasteiger charge is 2.55. The van der Waals surface area contributed by atoms with Crippen LogP contribution in [0, 0.1) is 0 Å². The normalized spacial score (nSPS) is 29.1. The molecule has 4 aromatic rings. The Labute approximate surface area is 366 Å². The van der Waals surface area contributed by atoms with Gasteiger partial charge in [-0.25, -0.2) is 0 Å². The van der Waals surface area contributed by atoms with E-state index in [1.807, 2.05) is 127 Å². The number of rotatable bonds is 23. The Morgan fingerprint density at radius 2 is 1.26 bits per heavy atom. The van der Waals surface area contributed by atoms with Gasteiger partial charge in [0.1, 0.15) is 48.8 Å². The molecule has 1 unspecified atom stereocenters. The molecule has 12 atom stereocenters. The van der Waals surface area contributed by atoms with E-state index in [9.17, 15) is 10.2 Å². The number of aliphatic hydroxyl groups is 2. The Bertz CT molecular complexity index is 1830. The maximum absolute atomic E-state index is 11.8. The van der Waals surface area contributed by atoms with Crippen LogP contribution in [-0.4, -0.2) is 90.9 Å². The molecule has 7 rings (SSSR count). The lowest BCUT2D eigenvalue weighted by molar-refractivity contribution is -0.397. The Kier molecular flexibility index (Phi) is 18.1. The van der Waals surface area contributed by atoms with Gasteiger partial charge in [0.05, 0.1) is 39.1 Å². The Morgan fingerprint density at radius 1 is 0.661 bits per heavy atom. The van der Waals surface area contributed by atoms with Gasteiger partial charge in [-0.3, -0.25) is 0 Å². The summed E-state index contributed by atoms with van der Waals surface area (Å²) in [5.74, 6) is 0. The van der Waals surface area contributed by atoms with Gasteiger partial charge < -0.3 is 52.8 Å². The van der Waals surface area contributed by atoms with Crippen molar-refractivity contribution in [1.82, 2.24) is 0 Å². The van der Waals surface area contributed by atoms with Crippen molar-refractivity contribution in [2.24, 2.45) is 0 Å². The number of fused-ring (bicyclic) bond motifs is 1. The van der Waals surface area contributed by atoms with Crippen molar-refractivity contribution in [3.63, 3.8) is 0 Å². The third-order valence-corrected chi connectivity index (χ3v) is 11.6. The number of hydrogen-bond acceptors (Lipinski definition) is 11. The SMILES string of the molecule is C=CCCC[C@H](CCCCC)O[C@@H]1O[C@H](COCc2ccccc2)[C@@H](OCc2ccccc2)[C@H](OCc2ccccc2)[C@H]1O[C@@H]1O[C@@H]2COC(c3ccccc3)O[C@H]2[C@H](O)[C@H]1O. The van der Waals surface area contributed by atoms with Gasteiger partial charge in [-0.1, -0.05) is 154 Å². The molecule has 62 heavy (non-hydrogen) atoms. The minimum absolute atomic E-state index is 0.106. The van der Waals surface area contributed by atoms with Crippen molar-refractivity contribution in [1.29, 1.82) is 0 Å². The first-order chi connectivity index (χ1) is 30.5. The van der Waals surface area contributed by atoms with Crippen molar-refractivity contribution in [2.45, 2.75) is 145 Å². The molecular formula is C51H64O11. The lowest BCUT2D eigenvalue weighted by atomic mass is 9.95. The molecule has 0 spiro atoms. The highest BCUT2D eigenvalue weighted by molar-refractivity contribution is 5.18. The molecule has 2 N–H and O–H groups in total. The average Bonchev–Trinajstić information content (AvgIpc) is 3.31. The monoisotopic (exact) mass is 852 g/mol. The number of allylic oxidation sites excluding steroid dienone is 1. The molecule has 0 radical (unpaired) electrons. The molecule has 3 aliphatic rings. The smallest absolute Gasteiger partial charge is 0.187 e. The molecule has 3 aliphatic heterocycles. The molecule has 0 amide bonds. The number of hydrogen-bond donors (Lipinski definition) is 2. The van der Waals surface area contributed by atoms with E-state index in [1.165, 1.54) is 0 Å². The van der Waals surface area contributed by atoms with E-state index >= 15 is 0 Å². The molecule has 0 bridgehead atoms. The van der Waals surface area contributed by atoms with Crippen LogP contribution in [0.5, 0.6) is 0 Å². The van der Waals surface area contributed by atoms with Crippen molar-refractivity contribution >= 4 is 0 Å². The van der Waals surface area contributed by atoms with Gasteiger partial charge in [-0.15, -0.1) is 6.58 Å². The molecule has 0 aliphatic carbocycles. The molecule has 0 aromatic heterocycles. The summed E-state index contributed by atoms with van der Waals surface area (Å²) in [6.45, 7) is 7.26. The van der Waals surface area contributed by atoms with Gasteiger partial charge in [0.25, 0.3) is 0 Å². The van der Waals surface area contributed by atoms with Gasteiger partial charge in [0.15, 0.2) is 18.9 Å². The zero-order valence-electron chi connectivity index (χ0n) is 35.8. The summed E-state index contributed by atoms with van der Waals surface area (Å²) in [6.07, 6.45) is -2.50. The molecule has 3 saturated heterocycles. The zero-order valence-corrected chi connectivity index (χ0v) is 35.8. The van der Waals surface area contributed by atoms with Crippen molar-refractivity contribution in [3.8, 4) is 0 Å². The van der Waals surface area contributed by atoms with E-state index in [4.69, 9.17) is 42.6 Å². The standard InChI is InChI=1S/C51H64O11/c1-3-5-11-29-40(30-12-6-4-2)58-51-48(62-50-44(53)43(52)45-42(59-50)35-57-49(61-45)39-27-19-10-20-28-39)47(56-33-38-25-17-9-18-26-38)46(55-32-37-23-15-8-16-24-37)41(60-51)34-54-31-36-21-13-7-14-22-36/h3,7-10,13-28,40-53H,1,4-6,11-12,29-35H2,2H3/t40-,41-,42-,43-,44-,45-,46-,47+,48-,49?,50+,51-/m1/s1. The first-order valence-corrected chi connectivity index (χ1v) is 22.3. The average molecular weight is 853 g/mol. The second kappa shape index (κ2) is 24.3. The molecule has 11 nitrogen and oxygen atoms in total. The maximum Gasteiger partial charge on any atom is 0.187 e. The summed E-state index contributed by atoms with van der Waals surface area (Å²) >= 11 is 0. The predicted octanol–water partition coefficient (Wildman–Crippen LogP) is 8.37. The van der Waals surface area contributed by atoms with E-state index in [0.29, 0.717) is 6.61 Å². The van der Waals surface area contributed by atoms with E-state index < -0.39 is 67.7 Å². The van der Waals surface area contributed by atoms with Gasteiger partial charge in [0.2, 0.25) is 0 Å². The van der Waals surface area contributed by atoms with Gasteiger partial charge in [-0.05, 0) is 42.4 Å². The fourth-order valence-electron chi connectivity index (χ4n) is 8.26. The second-order valence-electron chi connectivity index (χ2n) is 16.3. The highest BCUT2D eigenvalue weighted by atomic mass is 16.8. The van der Waals surface area contributed by atoms with E-state index in [0.717, 1.165) is 67.2 Å². The van der Waals surface area contributed by atoms with Gasteiger partial charge in [-0.2, -0.15) is 0 Å². The molecule has 4 aromatic carbocycles. The van der Waals surface area contributed by atoms with Gasteiger partial charge >= 0.3 is 0 Å². The summed E-state index contributed by atoms with van der Waals surface area (Å²) in [5.41, 5.74) is 3.75. The summed E-state index contributed by atoms with van der Waals surface area (Å²) in [7, 11) is 0. The van der Waals surface area contributed by atoms with Crippen LogP contribution in [0.2, 0.25) is 0 Å². The predicted molar refractivity (Wildman–Crippen MR) is 233 cm³/mol.